The van der Waals surface area contributed by atoms with E-state index in [1.807, 2.05) is 0 Å². The SMILES string of the molecule is COC(=O)C1(C(=O)OC)c2ccc(OC)c(OC)c2C(=O)N2CCc3cc(OC)c(OC)c(Br)c3C21. The van der Waals surface area contributed by atoms with Crippen molar-refractivity contribution in [1.29, 1.82) is 0 Å². The Hall–Kier alpha value is -3.47. The van der Waals surface area contributed by atoms with Crippen LogP contribution in [0.3, 0.4) is 0 Å². The van der Waals surface area contributed by atoms with Crippen molar-refractivity contribution in [1.82, 2.24) is 4.90 Å². The van der Waals surface area contributed by atoms with E-state index < -0.39 is 29.3 Å². The van der Waals surface area contributed by atoms with Crippen LogP contribution in [-0.2, 0) is 30.9 Å². The Morgan fingerprint density at radius 3 is 2.06 bits per heavy atom. The number of benzene rings is 2. The molecule has 0 aromatic heterocycles. The molecule has 11 heteroatoms. The summed E-state index contributed by atoms with van der Waals surface area (Å²) in [5, 5.41) is 0. The number of amides is 1. The zero-order valence-corrected chi connectivity index (χ0v) is 22.3. The van der Waals surface area contributed by atoms with Crippen molar-refractivity contribution in [3.63, 3.8) is 0 Å². The molecule has 0 saturated heterocycles. The average molecular weight is 564 g/mol. The molecule has 0 saturated carbocycles. The van der Waals surface area contributed by atoms with E-state index in [0.29, 0.717) is 28.0 Å². The lowest BCUT2D eigenvalue weighted by Gasteiger charge is -2.50. The highest BCUT2D eigenvalue weighted by atomic mass is 79.9. The van der Waals surface area contributed by atoms with E-state index in [9.17, 15) is 14.4 Å². The highest BCUT2D eigenvalue weighted by molar-refractivity contribution is 9.10. The van der Waals surface area contributed by atoms with Crippen molar-refractivity contribution in [3.05, 3.63) is 44.9 Å². The molecule has 36 heavy (non-hydrogen) atoms. The molecule has 0 radical (unpaired) electrons. The van der Waals surface area contributed by atoms with Gasteiger partial charge in [-0.3, -0.25) is 14.4 Å². The first-order chi connectivity index (χ1) is 17.3. The lowest BCUT2D eigenvalue weighted by Crippen LogP contribution is -2.62. The fourth-order valence-electron chi connectivity index (χ4n) is 5.32. The quantitative estimate of drug-likeness (QED) is 0.387. The van der Waals surface area contributed by atoms with Gasteiger partial charge in [0.15, 0.2) is 23.0 Å². The van der Waals surface area contributed by atoms with Gasteiger partial charge in [-0.15, -0.1) is 0 Å². The van der Waals surface area contributed by atoms with Crippen molar-refractivity contribution < 1.29 is 42.8 Å². The molecular formula is C25H26BrNO9. The second-order valence-corrected chi connectivity index (χ2v) is 8.96. The van der Waals surface area contributed by atoms with Gasteiger partial charge < -0.3 is 33.3 Å². The second kappa shape index (κ2) is 9.53. The van der Waals surface area contributed by atoms with E-state index in [1.165, 1.54) is 59.7 Å². The van der Waals surface area contributed by atoms with Crippen LogP contribution in [0.1, 0.15) is 33.1 Å². The first kappa shape index (κ1) is 25.6. The molecule has 0 spiro atoms. The Bertz CT molecular complexity index is 1240. The van der Waals surface area contributed by atoms with Crippen molar-refractivity contribution in [2.75, 3.05) is 49.2 Å². The van der Waals surface area contributed by atoms with Gasteiger partial charge in [0.2, 0.25) is 5.41 Å². The van der Waals surface area contributed by atoms with Crippen LogP contribution in [0.15, 0.2) is 22.7 Å². The third kappa shape index (κ3) is 3.25. The van der Waals surface area contributed by atoms with Crippen LogP contribution in [0.5, 0.6) is 23.0 Å². The van der Waals surface area contributed by atoms with Gasteiger partial charge >= 0.3 is 11.9 Å². The molecule has 0 bridgehead atoms. The Kier molecular flexibility index (Phi) is 6.78. The lowest BCUT2D eigenvalue weighted by atomic mass is 9.64. The van der Waals surface area contributed by atoms with Gasteiger partial charge in [0.1, 0.15) is 0 Å². The number of rotatable bonds is 6. The molecule has 0 fully saturated rings. The van der Waals surface area contributed by atoms with Gasteiger partial charge in [-0.25, -0.2) is 0 Å². The van der Waals surface area contributed by atoms with Crippen molar-refractivity contribution in [2.24, 2.45) is 0 Å². The number of hydrogen-bond acceptors (Lipinski definition) is 9. The standard InChI is InChI=1S/C25H26BrNO9/c1-31-14-8-7-13-17(19(14)33-3)22(28)27-10-9-12-11-15(32-2)20(34-4)18(26)16(12)21(27)25(13,23(29)35-5)24(30)36-6/h7-8,11,21H,9-10H2,1-6H3. The Morgan fingerprint density at radius 1 is 0.917 bits per heavy atom. The fraction of sp³-hybridized carbons (Fsp3) is 0.400. The first-order valence-corrected chi connectivity index (χ1v) is 11.7. The number of fused-ring (bicyclic) bond motifs is 4. The molecule has 2 aliphatic heterocycles. The Balaban J connectivity index is 2.20. The molecule has 2 heterocycles. The Morgan fingerprint density at radius 2 is 1.53 bits per heavy atom. The predicted octanol–water partition coefficient (Wildman–Crippen LogP) is 2.82. The summed E-state index contributed by atoms with van der Waals surface area (Å²) in [6.45, 7) is 0.202. The summed E-state index contributed by atoms with van der Waals surface area (Å²) < 4.78 is 32.9. The van der Waals surface area contributed by atoms with Gasteiger partial charge in [0.05, 0.1) is 58.7 Å². The molecule has 1 amide bonds. The molecule has 2 aliphatic rings. The minimum absolute atomic E-state index is 0.0314. The number of carbonyl (C=O) groups is 3. The van der Waals surface area contributed by atoms with Gasteiger partial charge in [-0.1, -0.05) is 6.07 Å². The van der Waals surface area contributed by atoms with Crippen molar-refractivity contribution >= 4 is 33.8 Å². The molecule has 1 unspecified atom stereocenters. The van der Waals surface area contributed by atoms with E-state index >= 15 is 0 Å². The zero-order chi connectivity index (χ0) is 26.4. The fourth-order valence-corrected chi connectivity index (χ4v) is 6.15. The normalized spacial score (nSPS) is 17.2. The minimum atomic E-state index is -2.08. The molecule has 2 aromatic carbocycles. The number of methoxy groups -OCH3 is 6. The number of ether oxygens (including phenoxy) is 6. The van der Waals surface area contributed by atoms with Crippen LogP contribution in [-0.4, -0.2) is 71.9 Å². The molecule has 2 aromatic rings. The predicted molar refractivity (Wildman–Crippen MR) is 130 cm³/mol. The van der Waals surface area contributed by atoms with Gasteiger partial charge in [0, 0.05) is 6.54 Å². The third-order valence-corrected chi connectivity index (χ3v) is 7.60. The molecule has 1 atom stereocenters. The van der Waals surface area contributed by atoms with Gasteiger partial charge in [-0.05, 0) is 51.2 Å². The van der Waals surface area contributed by atoms with E-state index in [-0.39, 0.29) is 29.2 Å². The number of esters is 2. The largest absolute Gasteiger partial charge is 0.493 e. The summed E-state index contributed by atoms with van der Waals surface area (Å²) in [6.07, 6.45) is 0.427. The van der Waals surface area contributed by atoms with Gasteiger partial charge in [-0.2, -0.15) is 0 Å². The first-order valence-electron chi connectivity index (χ1n) is 10.9. The number of carbonyl (C=O) groups excluding carboxylic acids is 3. The topological polar surface area (TPSA) is 110 Å². The molecule has 192 valence electrons. The maximum Gasteiger partial charge on any atom is 0.330 e. The molecule has 10 nitrogen and oxygen atoms in total. The van der Waals surface area contributed by atoms with Crippen LogP contribution < -0.4 is 18.9 Å². The highest BCUT2D eigenvalue weighted by Gasteiger charge is 2.65. The maximum atomic E-state index is 14.0. The summed E-state index contributed by atoms with van der Waals surface area (Å²) >= 11 is 3.59. The lowest BCUT2D eigenvalue weighted by molar-refractivity contribution is -0.166. The molecular weight excluding hydrogens is 538 g/mol. The molecule has 4 rings (SSSR count). The van der Waals surface area contributed by atoms with Crippen molar-refractivity contribution in [3.8, 4) is 23.0 Å². The summed E-state index contributed by atoms with van der Waals surface area (Å²) in [5.74, 6) is -1.01. The van der Waals surface area contributed by atoms with Crippen LogP contribution in [0, 0.1) is 0 Å². The minimum Gasteiger partial charge on any atom is -0.493 e. The molecule has 0 N–H and O–H groups in total. The van der Waals surface area contributed by atoms with Crippen LogP contribution in [0.2, 0.25) is 0 Å². The van der Waals surface area contributed by atoms with E-state index in [4.69, 9.17) is 28.4 Å². The smallest absolute Gasteiger partial charge is 0.330 e. The number of nitrogens with zero attached hydrogens (tertiary/aromatic N) is 1. The number of hydrogen-bond donors (Lipinski definition) is 0. The summed E-state index contributed by atoms with van der Waals surface area (Å²) in [7, 11) is 8.17. The van der Waals surface area contributed by atoms with Crippen LogP contribution >= 0.6 is 15.9 Å². The van der Waals surface area contributed by atoms with E-state index in [0.717, 1.165) is 5.56 Å². The van der Waals surface area contributed by atoms with Crippen molar-refractivity contribution in [2.45, 2.75) is 17.9 Å². The maximum absolute atomic E-state index is 14.0. The molecule has 0 aliphatic carbocycles. The number of halogens is 1. The van der Waals surface area contributed by atoms with Gasteiger partial charge in [0.25, 0.3) is 5.91 Å². The second-order valence-electron chi connectivity index (χ2n) is 8.16. The monoisotopic (exact) mass is 563 g/mol. The van der Waals surface area contributed by atoms with E-state index in [2.05, 4.69) is 15.9 Å². The van der Waals surface area contributed by atoms with Crippen LogP contribution in [0.4, 0.5) is 0 Å². The van der Waals surface area contributed by atoms with E-state index in [1.54, 1.807) is 6.07 Å². The highest BCUT2D eigenvalue weighted by Crippen LogP contribution is 2.57. The summed E-state index contributed by atoms with van der Waals surface area (Å²) in [4.78, 5) is 43.0. The Labute approximate surface area is 216 Å². The third-order valence-electron chi connectivity index (χ3n) is 6.81. The zero-order valence-electron chi connectivity index (χ0n) is 20.7. The summed E-state index contributed by atoms with van der Waals surface area (Å²) in [6, 6.07) is 3.70. The summed E-state index contributed by atoms with van der Waals surface area (Å²) in [5.41, 5.74) is -0.661. The average Bonchev–Trinajstić information content (AvgIpc) is 2.91. The van der Waals surface area contributed by atoms with Crippen LogP contribution in [0.25, 0.3) is 0 Å².